The van der Waals surface area contributed by atoms with Crippen molar-refractivity contribution in [3.05, 3.63) is 24.2 Å². The molecule has 0 atom stereocenters. The third-order valence-corrected chi connectivity index (χ3v) is 3.23. The lowest BCUT2D eigenvalue weighted by molar-refractivity contribution is 0.201. The van der Waals surface area contributed by atoms with Gasteiger partial charge in [-0.05, 0) is 12.1 Å². The lowest BCUT2D eigenvalue weighted by atomic mass is 10.4. The molecule has 0 aliphatic carbocycles. The molecule has 15 heavy (non-hydrogen) atoms. The highest BCUT2D eigenvalue weighted by Crippen LogP contribution is 2.09. The first kappa shape index (κ1) is 10.4. The van der Waals surface area contributed by atoms with Crippen LogP contribution >= 0.6 is 11.8 Å². The van der Waals surface area contributed by atoms with Gasteiger partial charge in [0.1, 0.15) is 5.76 Å². The van der Waals surface area contributed by atoms with Crippen LogP contribution in [0.1, 0.15) is 5.76 Å². The van der Waals surface area contributed by atoms with Crippen molar-refractivity contribution in [1.29, 1.82) is 0 Å². The summed E-state index contributed by atoms with van der Waals surface area (Å²) in [4.78, 5) is 13.5. The number of furan rings is 1. The Morgan fingerprint density at radius 2 is 2.33 bits per heavy atom. The van der Waals surface area contributed by atoms with E-state index in [4.69, 9.17) is 4.42 Å². The average Bonchev–Trinajstić information content (AvgIpc) is 2.80. The molecule has 0 bridgehead atoms. The molecular weight excluding hydrogens is 212 g/mol. The Morgan fingerprint density at radius 3 is 3.00 bits per heavy atom. The second kappa shape index (κ2) is 5.11. The van der Waals surface area contributed by atoms with E-state index in [9.17, 15) is 4.79 Å². The first-order chi connectivity index (χ1) is 7.36. The molecule has 0 spiro atoms. The lowest BCUT2D eigenvalue weighted by Gasteiger charge is -2.26. The minimum absolute atomic E-state index is 0.00620. The van der Waals surface area contributed by atoms with Crippen LogP contribution in [0.4, 0.5) is 4.79 Å². The minimum atomic E-state index is 0.00620. The maximum Gasteiger partial charge on any atom is 0.317 e. The van der Waals surface area contributed by atoms with Crippen LogP contribution in [0.2, 0.25) is 0 Å². The van der Waals surface area contributed by atoms with Crippen LogP contribution in [0.5, 0.6) is 0 Å². The van der Waals surface area contributed by atoms with Crippen molar-refractivity contribution >= 4 is 17.8 Å². The quantitative estimate of drug-likeness (QED) is 0.832. The molecule has 1 aliphatic rings. The van der Waals surface area contributed by atoms with Crippen LogP contribution in [0.15, 0.2) is 22.8 Å². The zero-order valence-corrected chi connectivity index (χ0v) is 9.26. The number of amides is 2. The van der Waals surface area contributed by atoms with Crippen LogP contribution in [0, 0.1) is 0 Å². The molecule has 1 aromatic rings. The topological polar surface area (TPSA) is 45.5 Å². The number of carbonyl (C=O) groups is 1. The van der Waals surface area contributed by atoms with Gasteiger partial charge in [-0.1, -0.05) is 0 Å². The van der Waals surface area contributed by atoms with Gasteiger partial charge in [0.15, 0.2) is 0 Å². The zero-order chi connectivity index (χ0) is 10.5. The Balaban J connectivity index is 1.76. The van der Waals surface area contributed by atoms with Crippen molar-refractivity contribution in [3.63, 3.8) is 0 Å². The highest BCUT2D eigenvalue weighted by atomic mass is 32.2. The van der Waals surface area contributed by atoms with E-state index in [0.29, 0.717) is 6.54 Å². The molecule has 1 N–H and O–H groups in total. The first-order valence-electron chi connectivity index (χ1n) is 4.99. The fourth-order valence-electron chi connectivity index (χ4n) is 1.45. The first-order valence-corrected chi connectivity index (χ1v) is 6.14. The summed E-state index contributed by atoms with van der Waals surface area (Å²) in [6, 6.07) is 3.68. The molecule has 2 amide bonds. The van der Waals surface area contributed by atoms with Gasteiger partial charge in [0.2, 0.25) is 0 Å². The van der Waals surface area contributed by atoms with E-state index in [2.05, 4.69) is 5.32 Å². The monoisotopic (exact) mass is 226 g/mol. The van der Waals surface area contributed by atoms with Gasteiger partial charge >= 0.3 is 6.03 Å². The number of thioether (sulfide) groups is 1. The average molecular weight is 226 g/mol. The normalized spacial score (nSPS) is 16.4. The Kier molecular flexibility index (Phi) is 3.55. The maximum atomic E-state index is 11.7. The Labute approximate surface area is 93.0 Å². The second-order valence-corrected chi connectivity index (χ2v) is 4.56. The standard InChI is InChI=1S/C10H14N2O2S/c13-10(12-3-6-15-7-4-12)11-8-9-2-1-5-14-9/h1-2,5H,3-4,6-8H2,(H,11,13). The van der Waals surface area contributed by atoms with E-state index in [1.807, 2.05) is 28.8 Å². The van der Waals surface area contributed by atoms with Crippen LogP contribution in [0.3, 0.4) is 0 Å². The number of hydrogen-bond donors (Lipinski definition) is 1. The van der Waals surface area contributed by atoms with E-state index < -0.39 is 0 Å². The van der Waals surface area contributed by atoms with Gasteiger partial charge in [-0.2, -0.15) is 11.8 Å². The van der Waals surface area contributed by atoms with Crippen molar-refractivity contribution in [2.45, 2.75) is 6.54 Å². The van der Waals surface area contributed by atoms with Crippen molar-refractivity contribution in [2.75, 3.05) is 24.6 Å². The third-order valence-electron chi connectivity index (χ3n) is 2.29. The number of nitrogens with one attached hydrogen (secondary N) is 1. The summed E-state index contributed by atoms with van der Waals surface area (Å²) in [7, 11) is 0. The molecule has 2 heterocycles. The summed E-state index contributed by atoms with van der Waals surface area (Å²) in [6.45, 7) is 2.15. The van der Waals surface area contributed by atoms with Gasteiger partial charge in [0.05, 0.1) is 12.8 Å². The summed E-state index contributed by atoms with van der Waals surface area (Å²) < 4.78 is 5.13. The molecule has 1 saturated heterocycles. The lowest BCUT2D eigenvalue weighted by Crippen LogP contribution is -2.43. The molecule has 0 radical (unpaired) electrons. The second-order valence-electron chi connectivity index (χ2n) is 3.34. The predicted molar refractivity (Wildman–Crippen MR) is 59.8 cm³/mol. The number of rotatable bonds is 2. The smallest absolute Gasteiger partial charge is 0.317 e. The molecule has 4 nitrogen and oxygen atoms in total. The SMILES string of the molecule is O=C(NCc1ccco1)N1CCSCC1. The zero-order valence-electron chi connectivity index (χ0n) is 8.44. The Morgan fingerprint density at radius 1 is 1.53 bits per heavy atom. The molecule has 0 saturated carbocycles. The van der Waals surface area contributed by atoms with Crippen molar-refractivity contribution in [2.24, 2.45) is 0 Å². The fraction of sp³-hybridized carbons (Fsp3) is 0.500. The van der Waals surface area contributed by atoms with Crippen molar-refractivity contribution in [1.82, 2.24) is 10.2 Å². The fourth-order valence-corrected chi connectivity index (χ4v) is 2.36. The highest BCUT2D eigenvalue weighted by molar-refractivity contribution is 7.99. The molecule has 1 aliphatic heterocycles. The molecule has 82 valence electrons. The molecule has 0 unspecified atom stereocenters. The van der Waals surface area contributed by atoms with Gasteiger partial charge in [-0.25, -0.2) is 4.79 Å². The number of nitrogens with zero attached hydrogens (tertiary/aromatic N) is 1. The van der Waals surface area contributed by atoms with Gasteiger partial charge in [-0.3, -0.25) is 0 Å². The van der Waals surface area contributed by atoms with Gasteiger partial charge in [-0.15, -0.1) is 0 Å². The van der Waals surface area contributed by atoms with Crippen LogP contribution in [-0.4, -0.2) is 35.5 Å². The van der Waals surface area contributed by atoms with Gasteiger partial charge < -0.3 is 14.6 Å². The van der Waals surface area contributed by atoms with E-state index in [-0.39, 0.29) is 6.03 Å². The summed E-state index contributed by atoms with van der Waals surface area (Å²) in [5.41, 5.74) is 0. The largest absolute Gasteiger partial charge is 0.467 e. The molecule has 5 heteroatoms. The van der Waals surface area contributed by atoms with E-state index in [1.54, 1.807) is 6.26 Å². The maximum absolute atomic E-state index is 11.7. The molecule has 0 aromatic carbocycles. The van der Waals surface area contributed by atoms with Crippen molar-refractivity contribution < 1.29 is 9.21 Å². The van der Waals surface area contributed by atoms with E-state index >= 15 is 0 Å². The summed E-state index contributed by atoms with van der Waals surface area (Å²) in [5, 5.41) is 2.84. The third kappa shape index (κ3) is 2.92. The Bertz CT molecular complexity index is 307. The predicted octanol–water partition coefficient (Wildman–Crippen LogP) is 1.54. The molecule has 1 fully saturated rings. The minimum Gasteiger partial charge on any atom is -0.467 e. The highest BCUT2D eigenvalue weighted by Gasteiger charge is 2.16. The van der Waals surface area contributed by atoms with Crippen LogP contribution < -0.4 is 5.32 Å². The summed E-state index contributed by atoms with van der Waals surface area (Å²) in [6.07, 6.45) is 1.61. The number of hydrogen-bond acceptors (Lipinski definition) is 3. The van der Waals surface area contributed by atoms with Crippen molar-refractivity contribution in [3.8, 4) is 0 Å². The van der Waals surface area contributed by atoms with Gasteiger partial charge in [0.25, 0.3) is 0 Å². The summed E-state index contributed by atoms with van der Waals surface area (Å²) in [5.74, 6) is 2.86. The Hall–Kier alpha value is -1.10. The summed E-state index contributed by atoms with van der Waals surface area (Å²) >= 11 is 1.89. The van der Waals surface area contributed by atoms with Crippen LogP contribution in [-0.2, 0) is 6.54 Å². The molecule has 1 aromatic heterocycles. The number of urea groups is 1. The molecular formula is C10H14N2O2S. The van der Waals surface area contributed by atoms with E-state index in [0.717, 1.165) is 30.4 Å². The van der Waals surface area contributed by atoms with E-state index in [1.165, 1.54) is 0 Å². The number of carbonyl (C=O) groups excluding carboxylic acids is 1. The van der Waals surface area contributed by atoms with Gasteiger partial charge in [0, 0.05) is 24.6 Å². The van der Waals surface area contributed by atoms with Crippen LogP contribution in [0.25, 0.3) is 0 Å². The molecule has 2 rings (SSSR count).